The van der Waals surface area contributed by atoms with Crippen LogP contribution in [0.4, 0.5) is 0 Å². The van der Waals surface area contributed by atoms with Crippen LogP contribution in [0.25, 0.3) is 100 Å². The minimum absolute atomic E-state index is 0. The summed E-state index contributed by atoms with van der Waals surface area (Å²) in [6, 6.07) is 69.1. The van der Waals surface area contributed by atoms with Crippen molar-refractivity contribution in [3.05, 3.63) is 228 Å². The third-order valence-corrected chi connectivity index (χ3v) is 14.6. The summed E-state index contributed by atoms with van der Waals surface area (Å²) >= 11 is 0. The minimum atomic E-state index is -2.39. The maximum Gasteiger partial charge on any atom is 0.124 e. The summed E-state index contributed by atoms with van der Waals surface area (Å²) in [6.45, 7) is 17.7. The SMILES string of the molecule is Cc1c[c-]c(-c2nc3ccccc3n2-c2c(C(C)C)cccc2C(C)C)cc1-c1ccccc1.[2H]C([2H])([2H])c1c(-c2ccccc2)ccc2c1oc1c(-c3nc4ccccc4n3-c3c(C(C)C)cccc3C(C)C)[c-]ccc12.[Ir]. The Kier molecular flexibility index (Phi) is 13.6. The summed E-state index contributed by atoms with van der Waals surface area (Å²) < 4.78 is 36.9. The van der Waals surface area contributed by atoms with Crippen molar-refractivity contribution in [1.29, 1.82) is 0 Å². The number of hydrogen-bond donors (Lipinski definition) is 0. The second-order valence-electron chi connectivity index (χ2n) is 20.9. The first-order valence-electron chi connectivity index (χ1n) is 27.9. The largest absolute Gasteiger partial charge is 0.500 e. The van der Waals surface area contributed by atoms with Crippen molar-refractivity contribution in [2.75, 3.05) is 0 Å². The molecule has 381 valence electrons. The Morgan fingerprint density at radius 1 is 0.487 bits per heavy atom. The van der Waals surface area contributed by atoms with E-state index in [0.29, 0.717) is 40.0 Å². The first-order valence-corrected chi connectivity index (χ1v) is 26.4. The fraction of sp³-hybridized carbons (Fsp3) is 0.200. The molecular formula is C70H64IrN4O-2. The number of hydrogen-bond acceptors (Lipinski definition) is 3. The molecule has 0 bridgehead atoms. The number of benzene rings is 9. The van der Waals surface area contributed by atoms with Crippen LogP contribution in [0.15, 0.2) is 186 Å². The number of nitrogens with zero attached hydrogens (tertiary/aromatic N) is 4. The van der Waals surface area contributed by atoms with Gasteiger partial charge in [-0.3, -0.25) is 9.97 Å². The standard InChI is InChI=1S/C38H33N2O.C32H31N2.Ir/c1-23(2)27-15-11-16-28(24(3)4)35(27)40-34-20-10-9-19-33(34)39-38(40)32-18-12-17-30-31-22-21-29(26-13-7-6-8-14-26)25(5)36(31)41-37(30)32;1-21(2)26-14-11-15-27(22(3)4)31(26)34-30-17-10-9-16-29(30)33-32(34)25-19-18-23(5)28(20-25)24-12-7-6-8-13-24;/h6-17,19-24H,1-5H3;6-18,20-22H,1-5H3;/q2*-1;/i5D3;;. The van der Waals surface area contributed by atoms with Gasteiger partial charge >= 0.3 is 0 Å². The van der Waals surface area contributed by atoms with Gasteiger partial charge in [0, 0.05) is 41.0 Å². The minimum Gasteiger partial charge on any atom is -0.500 e. The molecule has 0 fully saturated rings. The number of fused-ring (bicyclic) bond motifs is 5. The van der Waals surface area contributed by atoms with Crippen LogP contribution in [0.3, 0.4) is 0 Å². The molecule has 5 nitrogen and oxygen atoms in total. The van der Waals surface area contributed by atoms with E-state index in [1.54, 1.807) is 0 Å². The van der Waals surface area contributed by atoms with Gasteiger partial charge in [0.1, 0.15) is 5.58 Å². The van der Waals surface area contributed by atoms with Crippen molar-refractivity contribution >= 4 is 44.0 Å². The fourth-order valence-electron chi connectivity index (χ4n) is 10.8. The third-order valence-electron chi connectivity index (χ3n) is 14.6. The first-order chi connectivity index (χ1) is 37.6. The zero-order chi connectivity index (χ0) is 54.6. The second kappa shape index (κ2) is 21.5. The molecule has 1 radical (unpaired) electrons. The van der Waals surface area contributed by atoms with Crippen molar-refractivity contribution in [3.63, 3.8) is 0 Å². The molecule has 6 heteroatoms. The molecule has 9 aromatic carbocycles. The van der Waals surface area contributed by atoms with Crippen LogP contribution in [0.1, 0.15) is 117 Å². The van der Waals surface area contributed by atoms with E-state index in [1.807, 2.05) is 72.8 Å². The summed E-state index contributed by atoms with van der Waals surface area (Å²) in [5.41, 5.74) is 19.5. The van der Waals surface area contributed by atoms with Gasteiger partial charge in [0.2, 0.25) is 0 Å². The average Bonchev–Trinajstić information content (AvgIpc) is 4.33. The molecule has 12 aromatic rings. The summed E-state index contributed by atoms with van der Waals surface area (Å²) in [5, 5.41) is 1.59. The van der Waals surface area contributed by atoms with Gasteiger partial charge in [-0.1, -0.05) is 212 Å². The van der Waals surface area contributed by atoms with Crippen LogP contribution in [-0.4, -0.2) is 19.1 Å². The average molecular weight is 1170 g/mol. The zero-order valence-electron chi connectivity index (χ0n) is 47.7. The Hall–Kier alpha value is -7.63. The van der Waals surface area contributed by atoms with E-state index < -0.39 is 6.85 Å². The van der Waals surface area contributed by atoms with Crippen LogP contribution >= 0.6 is 0 Å². The van der Waals surface area contributed by atoms with Gasteiger partial charge in [-0.15, -0.1) is 47.5 Å². The third kappa shape index (κ3) is 9.33. The van der Waals surface area contributed by atoms with Gasteiger partial charge in [0.05, 0.1) is 39.3 Å². The number of aromatic nitrogens is 4. The molecule has 12 rings (SSSR count). The van der Waals surface area contributed by atoms with Crippen LogP contribution in [0.2, 0.25) is 0 Å². The molecule has 3 heterocycles. The summed E-state index contributed by atoms with van der Waals surface area (Å²) in [6.07, 6.45) is 0. The molecule has 0 aliphatic heterocycles. The van der Waals surface area contributed by atoms with Gasteiger partial charge < -0.3 is 13.6 Å². The molecule has 0 atom stereocenters. The van der Waals surface area contributed by atoms with Crippen LogP contribution in [0, 0.1) is 25.9 Å². The first kappa shape index (κ1) is 48.0. The van der Waals surface area contributed by atoms with Crippen LogP contribution < -0.4 is 0 Å². The zero-order valence-corrected chi connectivity index (χ0v) is 47.1. The van der Waals surface area contributed by atoms with E-state index in [1.165, 1.54) is 44.6 Å². The normalized spacial score (nSPS) is 12.4. The summed E-state index contributed by atoms with van der Waals surface area (Å²) in [7, 11) is 0. The maximum atomic E-state index is 8.53. The number of para-hydroxylation sites is 6. The van der Waals surface area contributed by atoms with Gasteiger partial charge in [-0.2, -0.15) is 0 Å². The van der Waals surface area contributed by atoms with E-state index in [0.717, 1.165) is 55.5 Å². The topological polar surface area (TPSA) is 48.8 Å². The number of imidazole rings is 2. The van der Waals surface area contributed by atoms with Crippen molar-refractivity contribution in [1.82, 2.24) is 19.1 Å². The molecule has 0 unspecified atom stereocenters. The molecule has 0 aliphatic rings. The van der Waals surface area contributed by atoms with Gasteiger partial charge in [0.15, 0.2) is 0 Å². The quantitative estimate of drug-likeness (QED) is 0.128. The Balaban J connectivity index is 0.000000182. The molecule has 0 saturated carbocycles. The Bertz CT molecular complexity index is 4110. The number of rotatable bonds is 10. The van der Waals surface area contributed by atoms with Crippen molar-refractivity contribution < 1.29 is 28.6 Å². The van der Waals surface area contributed by atoms with Gasteiger partial charge in [-0.25, -0.2) is 0 Å². The molecular weight excluding hydrogens is 1110 g/mol. The van der Waals surface area contributed by atoms with Crippen molar-refractivity contribution in [2.45, 2.75) is 92.8 Å². The fourth-order valence-corrected chi connectivity index (χ4v) is 10.8. The summed E-state index contributed by atoms with van der Waals surface area (Å²) in [4.78, 5) is 10.3. The Labute approximate surface area is 465 Å². The predicted molar refractivity (Wildman–Crippen MR) is 315 cm³/mol. The molecule has 0 spiro atoms. The van der Waals surface area contributed by atoms with Crippen LogP contribution in [0.5, 0.6) is 0 Å². The smallest absolute Gasteiger partial charge is 0.124 e. The molecule has 76 heavy (non-hydrogen) atoms. The van der Waals surface area contributed by atoms with E-state index in [9.17, 15) is 0 Å². The molecule has 0 aliphatic carbocycles. The molecule has 0 amide bonds. The van der Waals surface area contributed by atoms with E-state index in [4.69, 9.17) is 18.5 Å². The monoisotopic (exact) mass is 1170 g/mol. The predicted octanol–water partition coefficient (Wildman–Crippen LogP) is 19.3. The van der Waals surface area contributed by atoms with Gasteiger partial charge in [-0.05, 0) is 99.3 Å². The molecule has 0 N–H and O–H groups in total. The Morgan fingerprint density at radius 3 is 1.49 bits per heavy atom. The van der Waals surface area contributed by atoms with Gasteiger partial charge in [0.25, 0.3) is 0 Å². The number of aryl methyl sites for hydroxylation is 2. The van der Waals surface area contributed by atoms with E-state index >= 15 is 0 Å². The van der Waals surface area contributed by atoms with Crippen LogP contribution in [-0.2, 0) is 20.1 Å². The second-order valence-corrected chi connectivity index (χ2v) is 20.9. The maximum absolute atomic E-state index is 8.53. The molecule has 0 saturated heterocycles. The number of furan rings is 1. The Morgan fingerprint density at radius 2 is 0.961 bits per heavy atom. The van der Waals surface area contributed by atoms with Crippen molar-refractivity contribution in [3.8, 4) is 56.4 Å². The van der Waals surface area contributed by atoms with Crippen molar-refractivity contribution in [2.24, 2.45) is 0 Å². The van der Waals surface area contributed by atoms with E-state index in [-0.39, 0.29) is 37.5 Å². The summed E-state index contributed by atoms with van der Waals surface area (Å²) in [5.74, 6) is 3.00. The molecule has 3 aromatic heterocycles. The van der Waals surface area contributed by atoms with E-state index in [2.05, 4.69) is 193 Å².